The van der Waals surface area contributed by atoms with Crippen molar-refractivity contribution in [3.63, 3.8) is 0 Å². The molecule has 1 aliphatic heterocycles. The number of para-hydroxylation sites is 1. The number of aromatic amines is 1. The first-order valence-corrected chi connectivity index (χ1v) is 10.0. The van der Waals surface area contributed by atoms with Gasteiger partial charge in [0.05, 0.1) is 16.5 Å². The Morgan fingerprint density at radius 2 is 2.15 bits per heavy atom. The molecule has 2 aliphatic rings. The summed E-state index contributed by atoms with van der Waals surface area (Å²) in [5, 5.41) is 11.3. The van der Waals surface area contributed by atoms with E-state index in [1.54, 1.807) is 6.07 Å². The van der Waals surface area contributed by atoms with Crippen molar-refractivity contribution in [2.75, 3.05) is 13.1 Å². The average Bonchev–Trinajstić information content (AvgIpc) is 2.67. The highest BCUT2D eigenvalue weighted by Crippen LogP contribution is 2.39. The highest BCUT2D eigenvalue weighted by molar-refractivity contribution is 5.77. The maximum atomic E-state index is 12.6. The molecule has 1 saturated heterocycles. The molecule has 2 heterocycles. The maximum Gasteiger partial charge on any atom is 0.258 e. The van der Waals surface area contributed by atoms with Crippen LogP contribution in [-0.4, -0.2) is 44.6 Å². The van der Waals surface area contributed by atoms with E-state index in [0.717, 1.165) is 25.7 Å². The van der Waals surface area contributed by atoms with Crippen LogP contribution in [0.25, 0.3) is 10.9 Å². The number of nitrogens with zero attached hydrogens (tertiary/aromatic N) is 2. The molecule has 1 saturated carbocycles. The lowest BCUT2D eigenvalue weighted by Crippen LogP contribution is -2.54. The minimum absolute atomic E-state index is 0.130. The fraction of sp³-hybridized carbons (Fsp3) is 0.571. The van der Waals surface area contributed by atoms with Gasteiger partial charge in [0, 0.05) is 31.8 Å². The SMILES string of the molecule is O=C(CCCc1nc2ccccc2c(=O)[nH]1)N1CCC2(O)CCCCC2C1. The van der Waals surface area contributed by atoms with Gasteiger partial charge in [-0.3, -0.25) is 9.59 Å². The Balaban J connectivity index is 1.33. The van der Waals surface area contributed by atoms with Gasteiger partial charge >= 0.3 is 0 Å². The van der Waals surface area contributed by atoms with Gasteiger partial charge in [0.2, 0.25) is 5.91 Å². The largest absolute Gasteiger partial charge is 0.389 e. The standard InChI is InChI=1S/C21H27N3O3/c25-19(24-13-12-21(27)11-4-3-6-15(21)14-24)10-5-9-18-22-17-8-2-1-7-16(17)20(26)23-18/h1-2,7-8,15,27H,3-6,9-14H2,(H,22,23,26). The summed E-state index contributed by atoms with van der Waals surface area (Å²) < 4.78 is 0. The third-order valence-electron chi connectivity index (χ3n) is 6.25. The highest BCUT2D eigenvalue weighted by Gasteiger charge is 2.43. The molecule has 1 aromatic carbocycles. The van der Waals surface area contributed by atoms with E-state index in [1.807, 2.05) is 23.1 Å². The molecule has 2 aromatic rings. The van der Waals surface area contributed by atoms with Crippen molar-refractivity contribution < 1.29 is 9.90 Å². The number of aromatic nitrogens is 2. The number of aliphatic hydroxyl groups is 1. The second-order valence-corrected chi connectivity index (χ2v) is 8.02. The average molecular weight is 369 g/mol. The van der Waals surface area contributed by atoms with E-state index < -0.39 is 5.60 Å². The van der Waals surface area contributed by atoms with Crippen molar-refractivity contribution in [2.24, 2.45) is 5.92 Å². The molecule has 6 heteroatoms. The van der Waals surface area contributed by atoms with Crippen molar-refractivity contribution in [3.8, 4) is 0 Å². The predicted octanol–water partition coefficient (Wildman–Crippen LogP) is 2.40. The number of benzene rings is 1. The topological polar surface area (TPSA) is 86.3 Å². The Kier molecular flexibility index (Phi) is 5.00. The molecule has 144 valence electrons. The first-order valence-electron chi connectivity index (χ1n) is 10.0. The van der Waals surface area contributed by atoms with Gasteiger partial charge in [0.1, 0.15) is 5.82 Å². The van der Waals surface area contributed by atoms with E-state index in [9.17, 15) is 14.7 Å². The lowest BCUT2D eigenvalue weighted by molar-refractivity contribution is -0.143. The van der Waals surface area contributed by atoms with Crippen molar-refractivity contribution in [1.82, 2.24) is 14.9 Å². The van der Waals surface area contributed by atoms with Crippen LogP contribution < -0.4 is 5.56 Å². The third kappa shape index (κ3) is 3.76. The van der Waals surface area contributed by atoms with Crippen LogP contribution in [0.4, 0.5) is 0 Å². The Bertz CT molecular complexity index is 894. The van der Waals surface area contributed by atoms with Crippen LogP contribution >= 0.6 is 0 Å². The Hall–Kier alpha value is -2.21. The number of likely N-dealkylation sites (tertiary alicyclic amines) is 1. The quantitative estimate of drug-likeness (QED) is 0.866. The van der Waals surface area contributed by atoms with Gasteiger partial charge in [0.25, 0.3) is 5.56 Å². The Labute approximate surface area is 158 Å². The van der Waals surface area contributed by atoms with Crippen LogP contribution in [0.15, 0.2) is 29.1 Å². The van der Waals surface area contributed by atoms with Crippen LogP contribution in [0.3, 0.4) is 0 Å². The predicted molar refractivity (Wildman–Crippen MR) is 103 cm³/mol. The third-order valence-corrected chi connectivity index (χ3v) is 6.25. The van der Waals surface area contributed by atoms with Crippen LogP contribution in [0.2, 0.25) is 0 Å². The van der Waals surface area contributed by atoms with Gasteiger partial charge in [-0.05, 0) is 37.8 Å². The number of nitrogens with one attached hydrogen (secondary N) is 1. The van der Waals surface area contributed by atoms with Gasteiger partial charge in [-0.1, -0.05) is 25.0 Å². The fourth-order valence-corrected chi connectivity index (χ4v) is 4.62. The molecule has 2 unspecified atom stereocenters. The Morgan fingerprint density at radius 1 is 1.30 bits per heavy atom. The van der Waals surface area contributed by atoms with Crippen LogP contribution in [0, 0.1) is 5.92 Å². The fourth-order valence-electron chi connectivity index (χ4n) is 4.62. The first kappa shape index (κ1) is 18.2. The van der Waals surface area contributed by atoms with Crippen LogP contribution in [0.1, 0.15) is 50.8 Å². The monoisotopic (exact) mass is 369 g/mol. The van der Waals surface area contributed by atoms with E-state index in [2.05, 4.69) is 9.97 Å². The Morgan fingerprint density at radius 3 is 3.04 bits per heavy atom. The first-order chi connectivity index (χ1) is 13.0. The number of carbonyl (C=O) groups is 1. The number of piperidine rings is 1. The summed E-state index contributed by atoms with van der Waals surface area (Å²) in [5.74, 6) is 1.00. The van der Waals surface area contributed by atoms with Crippen LogP contribution in [-0.2, 0) is 11.2 Å². The molecule has 6 nitrogen and oxygen atoms in total. The van der Waals surface area contributed by atoms with Gasteiger partial charge < -0.3 is 15.0 Å². The number of amides is 1. The van der Waals surface area contributed by atoms with E-state index in [-0.39, 0.29) is 17.4 Å². The number of fused-ring (bicyclic) bond motifs is 2. The number of rotatable bonds is 4. The lowest BCUT2D eigenvalue weighted by Gasteiger charge is -2.47. The van der Waals surface area contributed by atoms with Crippen molar-refractivity contribution >= 4 is 16.8 Å². The normalized spacial score (nSPS) is 25.4. The highest BCUT2D eigenvalue weighted by atomic mass is 16.3. The van der Waals surface area contributed by atoms with E-state index in [0.29, 0.717) is 55.5 Å². The zero-order valence-corrected chi connectivity index (χ0v) is 15.6. The minimum Gasteiger partial charge on any atom is -0.389 e. The molecule has 27 heavy (non-hydrogen) atoms. The summed E-state index contributed by atoms with van der Waals surface area (Å²) in [5.41, 5.74) is 0.00789. The van der Waals surface area contributed by atoms with Gasteiger partial charge in [-0.2, -0.15) is 0 Å². The zero-order chi connectivity index (χ0) is 18.9. The summed E-state index contributed by atoms with van der Waals surface area (Å²) in [7, 11) is 0. The lowest BCUT2D eigenvalue weighted by atomic mass is 9.71. The van der Waals surface area contributed by atoms with Crippen LogP contribution in [0.5, 0.6) is 0 Å². The summed E-state index contributed by atoms with van der Waals surface area (Å²) in [6, 6.07) is 7.28. The number of H-pyrrole nitrogens is 1. The maximum absolute atomic E-state index is 12.6. The zero-order valence-electron chi connectivity index (χ0n) is 15.6. The van der Waals surface area contributed by atoms with Crippen molar-refractivity contribution in [1.29, 1.82) is 0 Å². The second kappa shape index (κ2) is 7.43. The van der Waals surface area contributed by atoms with Crippen molar-refractivity contribution in [3.05, 3.63) is 40.4 Å². The van der Waals surface area contributed by atoms with Gasteiger partial charge in [0.15, 0.2) is 0 Å². The van der Waals surface area contributed by atoms with Gasteiger partial charge in [-0.25, -0.2) is 4.98 Å². The van der Waals surface area contributed by atoms with E-state index in [4.69, 9.17) is 0 Å². The molecule has 1 aromatic heterocycles. The molecule has 4 rings (SSSR count). The molecule has 0 bridgehead atoms. The summed E-state index contributed by atoms with van der Waals surface area (Å²) in [4.78, 5) is 33.9. The number of carbonyl (C=O) groups excluding carboxylic acids is 1. The molecule has 2 atom stereocenters. The molecular formula is C21H27N3O3. The number of aryl methyl sites for hydroxylation is 1. The molecule has 1 amide bonds. The summed E-state index contributed by atoms with van der Waals surface area (Å²) in [6.45, 7) is 1.33. The minimum atomic E-state index is -0.552. The molecule has 0 spiro atoms. The smallest absolute Gasteiger partial charge is 0.258 e. The molecule has 0 radical (unpaired) electrons. The van der Waals surface area contributed by atoms with Crippen molar-refractivity contribution in [2.45, 2.75) is 57.0 Å². The molecular weight excluding hydrogens is 342 g/mol. The number of hydrogen-bond acceptors (Lipinski definition) is 4. The molecule has 2 N–H and O–H groups in total. The van der Waals surface area contributed by atoms with E-state index in [1.165, 1.54) is 0 Å². The molecule has 1 aliphatic carbocycles. The summed E-state index contributed by atoms with van der Waals surface area (Å²) >= 11 is 0. The van der Waals surface area contributed by atoms with Gasteiger partial charge in [-0.15, -0.1) is 0 Å². The molecule has 2 fully saturated rings. The van der Waals surface area contributed by atoms with E-state index >= 15 is 0 Å². The number of hydrogen-bond donors (Lipinski definition) is 2. The summed E-state index contributed by atoms with van der Waals surface area (Å²) in [6.07, 6.45) is 6.51. The second-order valence-electron chi connectivity index (χ2n) is 8.02.